The second-order valence-corrected chi connectivity index (χ2v) is 9.02. The standard InChI is InChI=1S/C11H14Br2O2S/c1-7-5-8(12)10(9(13)6-7)16(14,15)11(2,3)4/h5-6H,1-4H3. The lowest BCUT2D eigenvalue weighted by Crippen LogP contribution is -2.28. The van der Waals surface area contributed by atoms with E-state index in [0.717, 1.165) is 5.56 Å². The Kier molecular flexibility index (Phi) is 3.92. The summed E-state index contributed by atoms with van der Waals surface area (Å²) >= 11 is 6.63. The van der Waals surface area contributed by atoms with E-state index in [-0.39, 0.29) is 0 Å². The van der Waals surface area contributed by atoms with Crippen molar-refractivity contribution in [1.29, 1.82) is 0 Å². The van der Waals surface area contributed by atoms with Crippen LogP contribution < -0.4 is 0 Å². The molecule has 5 heteroatoms. The highest BCUT2D eigenvalue weighted by Gasteiger charge is 2.34. The van der Waals surface area contributed by atoms with Crippen LogP contribution in [-0.4, -0.2) is 13.2 Å². The minimum Gasteiger partial charge on any atom is -0.223 e. The van der Waals surface area contributed by atoms with E-state index in [4.69, 9.17) is 0 Å². The van der Waals surface area contributed by atoms with Gasteiger partial charge in [-0.25, -0.2) is 8.42 Å². The molecule has 0 atom stereocenters. The molecule has 0 saturated carbocycles. The molecule has 0 unspecified atom stereocenters. The quantitative estimate of drug-likeness (QED) is 0.746. The summed E-state index contributed by atoms with van der Waals surface area (Å²) in [5.74, 6) is 0. The molecule has 0 radical (unpaired) electrons. The van der Waals surface area contributed by atoms with Gasteiger partial charge >= 0.3 is 0 Å². The summed E-state index contributed by atoms with van der Waals surface area (Å²) in [5, 5.41) is 0. The summed E-state index contributed by atoms with van der Waals surface area (Å²) in [4.78, 5) is 0.325. The van der Waals surface area contributed by atoms with Gasteiger partial charge in [-0.15, -0.1) is 0 Å². The Bertz CT molecular complexity index is 490. The zero-order valence-electron chi connectivity index (χ0n) is 9.64. The van der Waals surface area contributed by atoms with E-state index in [1.54, 1.807) is 20.8 Å². The summed E-state index contributed by atoms with van der Waals surface area (Å²) in [6.07, 6.45) is 0. The highest BCUT2D eigenvalue weighted by molar-refractivity contribution is 9.11. The molecule has 0 N–H and O–H groups in total. The van der Waals surface area contributed by atoms with Gasteiger partial charge in [-0.2, -0.15) is 0 Å². The Balaban J connectivity index is 3.59. The van der Waals surface area contributed by atoms with Crippen LogP contribution in [0.4, 0.5) is 0 Å². The SMILES string of the molecule is Cc1cc(Br)c(S(=O)(=O)C(C)(C)C)c(Br)c1. The summed E-state index contributed by atoms with van der Waals surface area (Å²) in [6.45, 7) is 7.01. The topological polar surface area (TPSA) is 34.1 Å². The van der Waals surface area contributed by atoms with Crippen molar-refractivity contribution >= 4 is 41.7 Å². The van der Waals surface area contributed by atoms with Gasteiger partial charge < -0.3 is 0 Å². The Morgan fingerprint density at radius 1 is 1.06 bits per heavy atom. The van der Waals surface area contributed by atoms with Crippen molar-refractivity contribution in [1.82, 2.24) is 0 Å². The zero-order chi connectivity index (χ0) is 12.7. The molecular formula is C11H14Br2O2S. The van der Waals surface area contributed by atoms with Gasteiger partial charge in [0.25, 0.3) is 0 Å². The number of sulfone groups is 1. The maximum Gasteiger partial charge on any atom is 0.185 e. The minimum absolute atomic E-state index is 0.325. The molecule has 0 spiro atoms. The predicted octanol–water partition coefficient (Wildman–Crippen LogP) is 4.09. The minimum atomic E-state index is -3.35. The van der Waals surface area contributed by atoms with Crippen LogP contribution in [0.2, 0.25) is 0 Å². The number of rotatable bonds is 1. The molecule has 0 saturated heterocycles. The fourth-order valence-electron chi connectivity index (χ4n) is 1.25. The van der Waals surface area contributed by atoms with Gasteiger partial charge in [0, 0.05) is 8.95 Å². The van der Waals surface area contributed by atoms with Crippen LogP contribution >= 0.6 is 31.9 Å². The maximum absolute atomic E-state index is 12.3. The van der Waals surface area contributed by atoms with Crippen molar-refractivity contribution in [2.75, 3.05) is 0 Å². The Labute approximate surface area is 114 Å². The lowest BCUT2D eigenvalue weighted by Gasteiger charge is -2.21. The Hall–Kier alpha value is 0.130. The fraction of sp³-hybridized carbons (Fsp3) is 0.455. The first kappa shape index (κ1) is 14.2. The van der Waals surface area contributed by atoms with E-state index in [9.17, 15) is 8.42 Å². The molecule has 1 aromatic carbocycles. The number of benzene rings is 1. The number of aryl methyl sites for hydroxylation is 1. The van der Waals surface area contributed by atoms with E-state index in [0.29, 0.717) is 13.8 Å². The first-order valence-corrected chi connectivity index (χ1v) is 7.84. The average Bonchev–Trinajstić information content (AvgIpc) is 1.97. The molecular weight excluding hydrogens is 356 g/mol. The van der Waals surface area contributed by atoms with Crippen LogP contribution in [0.25, 0.3) is 0 Å². The van der Waals surface area contributed by atoms with Gasteiger partial charge in [-0.1, -0.05) is 0 Å². The average molecular weight is 370 g/mol. The van der Waals surface area contributed by atoms with E-state index >= 15 is 0 Å². The molecule has 1 rings (SSSR count). The zero-order valence-corrected chi connectivity index (χ0v) is 13.6. The molecule has 0 aliphatic heterocycles. The summed E-state index contributed by atoms with van der Waals surface area (Å²) in [5.41, 5.74) is 1.01. The third-order valence-electron chi connectivity index (χ3n) is 2.22. The van der Waals surface area contributed by atoms with Crippen molar-refractivity contribution in [2.45, 2.75) is 37.3 Å². The first-order chi connectivity index (χ1) is 7.07. The monoisotopic (exact) mass is 368 g/mol. The third kappa shape index (κ3) is 2.51. The summed E-state index contributed by atoms with van der Waals surface area (Å²) in [6, 6.07) is 3.62. The van der Waals surface area contributed by atoms with Crippen molar-refractivity contribution in [3.8, 4) is 0 Å². The van der Waals surface area contributed by atoms with Gasteiger partial charge in [-0.05, 0) is 77.3 Å². The number of hydrogen-bond acceptors (Lipinski definition) is 2. The highest BCUT2D eigenvalue weighted by Crippen LogP contribution is 2.36. The van der Waals surface area contributed by atoms with Gasteiger partial charge in [0.2, 0.25) is 0 Å². The van der Waals surface area contributed by atoms with Crippen LogP contribution in [0.15, 0.2) is 26.0 Å². The summed E-state index contributed by atoms with van der Waals surface area (Å²) < 4.78 is 25.1. The van der Waals surface area contributed by atoms with Crippen LogP contribution in [0.3, 0.4) is 0 Å². The van der Waals surface area contributed by atoms with Gasteiger partial charge in [0.05, 0.1) is 9.64 Å². The second-order valence-electron chi connectivity index (χ2n) is 4.67. The third-order valence-corrected chi connectivity index (χ3v) is 6.58. The lowest BCUT2D eigenvalue weighted by molar-refractivity contribution is 0.559. The van der Waals surface area contributed by atoms with Crippen molar-refractivity contribution in [3.63, 3.8) is 0 Å². The normalized spacial score (nSPS) is 12.9. The lowest BCUT2D eigenvalue weighted by atomic mass is 10.2. The Morgan fingerprint density at radius 2 is 1.44 bits per heavy atom. The highest BCUT2D eigenvalue weighted by atomic mass is 79.9. The van der Waals surface area contributed by atoms with Crippen LogP contribution in [-0.2, 0) is 9.84 Å². The predicted molar refractivity (Wildman–Crippen MR) is 73.5 cm³/mol. The molecule has 0 aliphatic rings. The van der Waals surface area contributed by atoms with E-state index in [1.165, 1.54) is 0 Å². The molecule has 16 heavy (non-hydrogen) atoms. The number of halogens is 2. The molecule has 90 valence electrons. The first-order valence-electron chi connectivity index (χ1n) is 4.77. The number of hydrogen-bond donors (Lipinski definition) is 0. The molecule has 0 heterocycles. The molecule has 0 aromatic heterocycles. The molecule has 0 aliphatic carbocycles. The molecule has 1 aromatic rings. The summed E-state index contributed by atoms with van der Waals surface area (Å²) in [7, 11) is -3.35. The molecule has 0 fully saturated rings. The smallest absolute Gasteiger partial charge is 0.185 e. The van der Waals surface area contributed by atoms with Gasteiger partial charge in [0.1, 0.15) is 0 Å². The van der Waals surface area contributed by atoms with Gasteiger partial charge in [-0.3, -0.25) is 0 Å². The Morgan fingerprint density at radius 3 is 1.75 bits per heavy atom. The second kappa shape index (κ2) is 4.42. The van der Waals surface area contributed by atoms with E-state index in [1.807, 2.05) is 19.1 Å². The van der Waals surface area contributed by atoms with Crippen molar-refractivity contribution in [3.05, 3.63) is 26.6 Å². The van der Waals surface area contributed by atoms with Crippen LogP contribution in [0, 0.1) is 6.92 Å². The van der Waals surface area contributed by atoms with Gasteiger partial charge in [0.15, 0.2) is 9.84 Å². The van der Waals surface area contributed by atoms with Crippen LogP contribution in [0.5, 0.6) is 0 Å². The molecule has 0 bridgehead atoms. The molecule has 0 amide bonds. The van der Waals surface area contributed by atoms with Crippen LogP contribution in [0.1, 0.15) is 26.3 Å². The van der Waals surface area contributed by atoms with Crippen molar-refractivity contribution in [2.24, 2.45) is 0 Å². The largest absolute Gasteiger partial charge is 0.223 e. The van der Waals surface area contributed by atoms with E-state index in [2.05, 4.69) is 31.9 Å². The maximum atomic E-state index is 12.3. The van der Waals surface area contributed by atoms with Crippen molar-refractivity contribution < 1.29 is 8.42 Å². The molecule has 2 nitrogen and oxygen atoms in total. The van der Waals surface area contributed by atoms with E-state index < -0.39 is 14.6 Å². The fourth-order valence-corrected chi connectivity index (χ4v) is 5.19.